The van der Waals surface area contributed by atoms with Crippen LogP contribution >= 0.6 is 0 Å². The van der Waals surface area contributed by atoms with Gasteiger partial charge >= 0.3 is 0 Å². The number of aryl methyl sites for hydroxylation is 3. The molecule has 0 spiro atoms. The number of pyridine rings is 1. The number of hydrogen-bond donors (Lipinski definition) is 0. The minimum atomic E-state index is 0.297. The van der Waals surface area contributed by atoms with Crippen molar-refractivity contribution in [2.24, 2.45) is 0 Å². The molecule has 4 heterocycles. The number of aromatic nitrogens is 4. The van der Waals surface area contributed by atoms with Crippen LogP contribution in [0.2, 0.25) is 0 Å². The molecule has 0 radical (unpaired) electrons. The van der Waals surface area contributed by atoms with E-state index in [2.05, 4.69) is 42.8 Å². The molecule has 3 aromatic rings. The minimum Gasteiger partial charge on any atom is -0.373 e. The molecule has 0 N–H and O–H groups in total. The number of nitrogens with zero attached hydrogens (tertiary/aromatic N) is 5. The molecule has 0 bridgehead atoms. The zero-order chi connectivity index (χ0) is 18.8. The van der Waals surface area contributed by atoms with Crippen LogP contribution in [0.5, 0.6) is 0 Å². The Kier molecular flexibility index (Phi) is 5.07. The van der Waals surface area contributed by atoms with E-state index in [1.165, 1.54) is 5.56 Å². The highest BCUT2D eigenvalue weighted by Gasteiger charge is 2.23. The van der Waals surface area contributed by atoms with Crippen LogP contribution in [-0.2, 0) is 17.8 Å². The highest BCUT2D eigenvalue weighted by molar-refractivity contribution is 5.57. The van der Waals surface area contributed by atoms with Gasteiger partial charge in [0.15, 0.2) is 5.65 Å². The summed E-state index contributed by atoms with van der Waals surface area (Å²) in [5, 5.41) is 4.73. The maximum Gasteiger partial charge on any atom is 0.160 e. The first-order chi connectivity index (χ1) is 13.2. The molecule has 0 amide bonds. The Morgan fingerprint density at radius 2 is 2.04 bits per heavy atom. The summed E-state index contributed by atoms with van der Waals surface area (Å²) in [6.45, 7) is 8.88. The molecular weight excluding hydrogens is 338 g/mol. The molecule has 0 atom stereocenters. The molecule has 142 valence electrons. The third-order valence-corrected chi connectivity index (χ3v) is 5.43. The van der Waals surface area contributed by atoms with Crippen LogP contribution in [-0.4, -0.2) is 38.8 Å². The Balaban J connectivity index is 1.47. The van der Waals surface area contributed by atoms with Crippen molar-refractivity contribution in [1.82, 2.24) is 19.6 Å². The van der Waals surface area contributed by atoms with Crippen LogP contribution in [0.3, 0.4) is 0 Å². The third-order valence-electron chi connectivity index (χ3n) is 5.43. The van der Waals surface area contributed by atoms with Crippen LogP contribution in [0.4, 0.5) is 5.82 Å². The summed E-state index contributed by atoms with van der Waals surface area (Å²) >= 11 is 0. The van der Waals surface area contributed by atoms with E-state index in [1.807, 2.05) is 16.8 Å². The topological polar surface area (TPSA) is 55.5 Å². The number of hydrogen-bond acceptors (Lipinski definition) is 5. The van der Waals surface area contributed by atoms with E-state index in [1.54, 1.807) is 6.20 Å². The highest BCUT2D eigenvalue weighted by atomic mass is 16.5. The van der Waals surface area contributed by atoms with Crippen molar-refractivity contribution < 1.29 is 4.74 Å². The quantitative estimate of drug-likeness (QED) is 0.693. The maximum absolute atomic E-state index is 6.11. The van der Waals surface area contributed by atoms with Gasteiger partial charge in [-0.1, -0.05) is 13.0 Å². The van der Waals surface area contributed by atoms with Crippen molar-refractivity contribution in [3.05, 3.63) is 53.1 Å². The van der Waals surface area contributed by atoms with Gasteiger partial charge in [-0.2, -0.15) is 9.61 Å². The Morgan fingerprint density at radius 1 is 1.22 bits per heavy atom. The average molecular weight is 365 g/mol. The summed E-state index contributed by atoms with van der Waals surface area (Å²) in [4.78, 5) is 11.4. The van der Waals surface area contributed by atoms with Gasteiger partial charge in [-0.05, 0) is 44.7 Å². The smallest absolute Gasteiger partial charge is 0.160 e. The SMILES string of the molecule is CCc1cc(N2CCC(OCc3cccnc3)CC2)n2nc(C)c(C)c2n1. The monoisotopic (exact) mass is 365 g/mol. The predicted molar refractivity (Wildman–Crippen MR) is 106 cm³/mol. The first-order valence-electron chi connectivity index (χ1n) is 9.77. The van der Waals surface area contributed by atoms with Crippen molar-refractivity contribution in [2.75, 3.05) is 18.0 Å². The van der Waals surface area contributed by atoms with Gasteiger partial charge in [0.1, 0.15) is 5.82 Å². The second-order valence-corrected chi connectivity index (χ2v) is 7.26. The van der Waals surface area contributed by atoms with Gasteiger partial charge in [0, 0.05) is 42.8 Å². The highest BCUT2D eigenvalue weighted by Crippen LogP contribution is 2.25. The van der Waals surface area contributed by atoms with Crippen molar-refractivity contribution in [3.63, 3.8) is 0 Å². The number of piperidine rings is 1. The maximum atomic E-state index is 6.11. The molecule has 4 rings (SSSR count). The Bertz CT molecular complexity index is 913. The molecule has 6 nitrogen and oxygen atoms in total. The molecule has 0 saturated carbocycles. The largest absolute Gasteiger partial charge is 0.373 e. The molecule has 0 aliphatic carbocycles. The van der Waals surface area contributed by atoms with Crippen molar-refractivity contribution >= 4 is 11.5 Å². The van der Waals surface area contributed by atoms with Crippen LogP contribution in [0.25, 0.3) is 5.65 Å². The fraction of sp³-hybridized carbons (Fsp3) is 0.476. The van der Waals surface area contributed by atoms with Gasteiger partial charge in [-0.25, -0.2) is 4.98 Å². The van der Waals surface area contributed by atoms with Gasteiger partial charge in [0.2, 0.25) is 0 Å². The van der Waals surface area contributed by atoms with E-state index in [-0.39, 0.29) is 0 Å². The van der Waals surface area contributed by atoms with Crippen LogP contribution in [0, 0.1) is 13.8 Å². The summed E-state index contributed by atoms with van der Waals surface area (Å²) in [7, 11) is 0. The van der Waals surface area contributed by atoms with Crippen LogP contribution in [0.1, 0.15) is 42.3 Å². The molecule has 3 aromatic heterocycles. The van der Waals surface area contributed by atoms with Gasteiger partial charge in [-0.3, -0.25) is 4.98 Å². The van der Waals surface area contributed by atoms with Crippen molar-refractivity contribution in [3.8, 4) is 0 Å². The fourth-order valence-corrected chi connectivity index (χ4v) is 3.62. The van der Waals surface area contributed by atoms with E-state index < -0.39 is 0 Å². The zero-order valence-corrected chi connectivity index (χ0v) is 16.4. The number of fused-ring (bicyclic) bond motifs is 1. The number of rotatable bonds is 5. The lowest BCUT2D eigenvalue weighted by Gasteiger charge is -2.33. The molecule has 1 aliphatic rings. The Morgan fingerprint density at radius 3 is 2.74 bits per heavy atom. The molecule has 6 heteroatoms. The second kappa shape index (κ2) is 7.64. The molecule has 1 aliphatic heterocycles. The first kappa shape index (κ1) is 17.9. The molecule has 27 heavy (non-hydrogen) atoms. The lowest BCUT2D eigenvalue weighted by molar-refractivity contribution is 0.0249. The van der Waals surface area contributed by atoms with Gasteiger partial charge in [0.25, 0.3) is 0 Å². The Hall–Kier alpha value is -2.47. The average Bonchev–Trinajstić information content (AvgIpc) is 3.01. The van der Waals surface area contributed by atoms with Gasteiger partial charge in [0.05, 0.1) is 18.4 Å². The van der Waals surface area contributed by atoms with E-state index in [0.717, 1.165) is 60.8 Å². The molecule has 0 unspecified atom stereocenters. The van der Waals surface area contributed by atoms with Gasteiger partial charge in [-0.15, -0.1) is 0 Å². The number of ether oxygens (including phenoxy) is 1. The zero-order valence-electron chi connectivity index (χ0n) is 16.4. The molecule has 1 saturated heterocycles. The fourth-order valence-electron chi connectivity index (χ4n) is 3.62. The van der Waals surface area contributed by atoms with Crippen LogP contribution < -0.4 is 4.90 Å². The summed E-state index contributed by atoms with van der Waals surface area (Å²) in [5.74, 6) is 1.15. The van der Waals surface area contributed by atoms with E-state index in [4.69, 9.17) is 14.8 Å². The molecule has 1 fully saturated rings. The molecular formula is C21H27N5O. The number of anilines is 1. The standard InChI is InChI=1S/C21H27N5O/c1-4-18-12-20(26-21(23-18)15(2)16(3)24-26)25-10-7-19(8-11-25)27-14-17-6-5-9-22-13-17/h5-6,9,12-13,19H,4,7-8,10-11,14H2,1-3H3. The predicted octanol–water partition coefficient (Wildman–Crippen LogP) is 3.49. The summed E-state index contributed by atoms with van der Waals surface area (Å²) in [5.41, 5.74) is 5.45. The van der Waals surface area contributed by atoms with Gasteiger partial charge < -0.3 is 9.64 Å². The lowest BCUT2D eigenvalue weighted by Crippen LogP contribution is -2.38. The van der Waals surface area contributed by atoms with Crippen molar-refractivity contribution in [2.45, 2.75) is 52.7 Å². The normalized spacial score (nSPS) is 15.6. The lowest BCUT2D eigenvalue weighted by atomic mass is 10.1. The van der Waals surface area contributed by atoms with Crippen molar-refractivity contribution in [1.29, 1.82) is 0 Å². The van der Waals surface area contributed by atoms with E-state index in [0.29, 0.717) is 12.7 Å². The van der Waals surface area contributed by atoms with E-state index in [9.17, 15) is 0 Å². The summed E-state index contributed by atoms with van der Waals surface area (Å²) in [6, 6.07) is 6.20. The van der Waals surface area contributed by atoms with E-state index >= 15 is 0 Å². The summed E-state index contributed by atoms with van der Waals surface area (Å²) in [6.07, 6.45) is 6.93. The molecule has 0 aromatic carbocycles. The first-order valence-corrected chi connectivity index (χ1v) is 9.77. The summed E-state index contributed by atoms with van der Waals surface area (Å²) < 4.78 is 8.12. The van der Waals surface area contributed by atoms with Crippen LogP contribution in [0.15, 0.2) is 30.6 Å². The third kappa shape index (κ3) is 3.67. The second-order valence-electron chi connectivity index (χ2n) is 7.26. The Labute approximate surface area is 160 Å². The minimum absolute atomic E-state index is 0.297.